The fourth-order valence-electron chi connectivity index (χ4n) is 3.68. The van der Waals surface area contributed by atoms with E-state index in [9.17, 15) is 4.79 Å². The molecule has 3 heterocycles. The molecule has 6 heteroatoms. The number of nitrogens with two attached hydrogens (primary N) is 1. The number of esters is 1. The summed E-state index contributed by atoms with van der Waals surface area (Å²) in [4.78, 5) is 13.3. The van der Waals surface area contributed by atoms with Crippen molar-refractivity contribution in [1.29, 1.82) is 0 Å². The molecule has 2 aromatic heterocycles. The maximum Gasteiger partial charge on any atom is 0.341 e. The van der Waals surface area contributed by atoms with Gasteiger partial charge in [-0.3, -0.25) is 0 Å². The third kappa shape index (κ3) is 4.32. The van der Waals surface area contributed by atoms with Gasteiger partial charge in [0.2, 0.25) is 0 Å². The van der Waals surface area contributed by atoms with Crippen molar-refractivity contribution in [2.45, 2.75) is 38.8 Å². The van der Waals surface area contributed by atoms with Crippen molar-refractivity contribution in [2.75, 3.05) is 26.7 Å². The molecule has 3 rings (SSSR count). The highest BCUT2D eigenvalue weighted by molar-refractivity contribution is 5.90. The van der Waals surface area contributed by atoms with Crippen LogP contribution in [-0.2, 0) is 11.3 Å². The zero-order valence-corrected chi connectivity index (χ0v) is 15.0. The predicted molar refractivity (Wildman–Crippen MR) is 91.3 cm³/mol. The van der Waals surface area contributed by atoms with E-state index in [1.165, 1.54) is 39.5 Å². The minimum Gasteiger partial charge on any atom is -0.465 e. The summed E-state index contributed by atoms with van der Waals surface area (Å²) in [5.74, 6) is 2.11. The fourth-order valence-corrected chi connectivity index (χ4v) is 3.68. The summed E-state index contributed by atoms with van der Waals surface area (Å²) in [5.41, 5.74) is 0.509. The quantitative estimate of drug-likeness (QED) is 0.728. The van der Waals surface area contributed by atoms with Crippen molar-refractivity contribution >= 4 is 5.97 Å². The Kier molecular flexibility index (Phi) is 5.94. The van der Waals surface area contributed by atoms with Gasteiger partial charge in [0.1, 0.15) is 24.4 Å². The van der Waals surface area contributed by atoms with E-state index < -0.39 is 0 Å². The van der Waals surface area contributed by atoms with Crippen LogP contribution in [0, 0.1) is 6.92 Å². The standard InChI is InChI=1S/C19H26N2O4/c1-14-16(19(22)23-2)11-15(25-14)12-20-13-17(18-7-6-10-24-18)21-8-4-3-5-9-21/h6-7,10-11,17,20H,3-5,8-9,12-13H2,1-2H3/p+2/t17-/m1/s1. The van der Waals surface area contributed by atoms with E-state index in [0.717, 1.165) is 18.1 Å². The molecule has 0 spiro atoms. The number of piperidine rings is 1. The zero-order chi connectivity index (χ0) is 17.6. The molecule has 0 radical (unpaired) electrons. The molecular weight excluding hydrogens is 320 g/mol. The number of quaternary nitrogens is 2. The van der Waals surface area contributed by atoms with E-state index in [2.05, 4.69) is 11.4 Å². The smallest absolute Gasteiger partial charge is 0.341 e. The van der Waals surface area contributed by atoms with Crippen LogP contribution in [-0.4, -0.2) is 32.7 Å². The van der Waals surface area contributed by atoms with Gasteiger partial charge in [-0.1, -0.05) is 0 Å². The second kappa shape index (κ2) is 8.36. The number of hydrogen-bond acceptors (Lipinski definition) is 4. The average Bonchev–Trinajstić information content (AvgIpc) is 3.29. The van der Waals surface area contributed by atoms with Gasteiger partial charge in [0.25, 0.3) is 0 Å². The van der Waals surface area contributed by atoms with Gasteiger partial charge in [-0.25, -0.2) is 4.79 Å². The van der Waals surface area contributed by atoms with Crippen LogP contribution in [0.3, 0.4) is 0 Å². The Hall–Kier alpha value is -2.05. The van der Waals surface area contributed by atoms with E-state index in [0.29, 0.717) is 23.9 Å². The van der Waals surface area contributed by atoms with Crippen LogP contribution in [0.2, 0.25) is 0 Å². The van der Waals surface area contributed by atoms with Gasteiger partial charge in [-0.05, 0) is 38.3 Å². The fraction of sp³-hybridized carbons (Fsp3) is 0.526. The van der Waals surface area contributed by atoms with Crippen LogP contribution in [0.5, 0.6) is 0 Å². The third-order valence-corrected chi connectivity index (χ3v) is 5.00. The van der Waals surface area contributed by atoms with Crippen molar-refractivity contribution in [3.8, 4) is 0 Å². The lowest BCUT2D eigenvalue weighted by atomic mass is 10.1. The summed E-state index contributed by atoms with van der Waals surface area (Å²) in [6, 6.07) is 6.18. The molecule has 1 fully saturated rings. The summed E-state index contributed by atoms with van der Waals surface area (Å²) in [6.45, 7) is 5.81. The zero-order valence-electron chi connectivity index (χ0n) is 15.0. The van der Waals surface area contributed by atoms with Gasteiger partial charge in [-0.2, -0.15) is 0 Å². The van der Waals surface area contributed by atoms with E-state index in [4.69, 9.17) is 13.6 Å². The molecule has 25 heavy (non-hydrogen) atoms. The molecule has 0 amide bonds. The molecule has 3 N–H and O–H groups in total. The largest absolute Gasteiger partial charge is 0.465 e. The maximum atomic E-state index is 11.7. The van der Waals surface area contributed by atoms with E-state index in [1.807, 2.05) is 6.07 Å². The van der Waals surface area contributed by atoms with Crippen LogP contribution in [0.4, 0.5) is 0 Å². The van der Waals surface area contributed by atoms with Crippen LogP contribution in [0.25, 0.3) is 0 Å². The lowest BCUT2D eigenvalue weighted by molar-refractivity contribution is -0.951. The van der Waals surface area contributed by atoms with Crippen molar-refractivity contribution < 1.29 is 28.6 Å². The lowest BCUT2D eigenvalue weighted by Gasteiger charge is -2.29. The van der Waals surface area contributed by atoms with Gasteiger partial charge in [0.15, 0.2) is 17.6 Å². The minimum atomic E-state index is -0.348. The summed E-state index contributed by atoms with van der Waals surface area (Å²) < 4.78 is 16.2. The number of furan rings is 2. The maximum absolute atomic E-state index is 11.7. The number of nitrogens with one attached hydrogen (secondary N) is 1. The Labute approximate surface area is 148 Å². The molecule has 0 aromatic carbocycles. The van der Waals surface area contributed by atoms with Crippen LogP contribution < -0.4 is 10.2 Å². The highest BCUT2D eigenvalue weighted by Crippen LogP contribution is 2.15. The topological polar surface area (TPSA) is 73.6 Å². The van der Waals surface area contributed by atoms with Crippen molar-refractivity contribution in [3.05, 3.63) is 47.3 Å². The predicted octanol–water partition coefficient (Wildman–Crippen LogP) is 0.841. The first-order chi connectivity index (χ1) is 12.2. The summed E-state index contributed by atoms with van der Waals surface area (Å²) in [5, 5.41) is 2.23. The first kappa shape index (κ1) is 17.8. The van der Waals surface area contributed by atoms with Crippen molar-refractivity contribution in [3.63, 3.8) is 0 Å². The average molecular weight is 348 g/mol. The first-order valence-corrected chi connectivity index (χ1v) is 9.06. The van der Waals surface area contributed by atoms with E-state index in [-0.39, 0.29) is 5.97 Å². The molecular formula is C19H28N2O4+2. The number of hydrogen-bond donors (Lipinski definition) is 2. The molecule has 0 aliphatic carbocycles. The summed E-state index contributed by atoms with van der Waals surface area (Å²) in [7, 11) is 1.38. The molecule has 0 unspecified atom stereocenters. The number of carbonyl (C=O) groups excluding carboxylic acids is 1. The molecule has 136 valence electrons. The van der Waals surface area contributed by atoms with Gasteiger partial charge in [-0.15, -0.1) is 0 Å². The Morgan fingerprint density at radius 1 is 1.36 bits per heavy atom. The van der Waals surface area contributed by atoms with Crippen LogP contribution in [0.1, 0.15) is 52.9 Å². The summed E-state index contributed by atoms with van der Waals surface area (Å²) >= 11 is 0. The van der Waals surface area contributed by atoms with Gasteiger partial charge < -0.3 is 23.8 Å². The normalized spacial score (nSPS) is 16.7. The molecule has 1 aliphatic heterocycles. The van der Waals surface area contributed by atoms with Crippen LogP contribution in [0.15, 0.2) is 33.3 Å². The molecule has 1 atom stereocenters. The highest BCUT2D eigenvalue weighted by atomic mass is 16.5. The number of carbonyl (C=O) groups is 1. The van der Waals surface area contributed by atoms with Gasteiger partial charge in [0, 0.05) is 6.07 Å². The van der Waals surface area contributed by atoms with Crippen LogP contribution >= 0.6 is 0 Å². The Morgan fingerprint density at radius 2 is 2.16 bits per heavy atom. The third-order valence-electron chi connectivity index (χ3n) is 5.00. The van der Waals surface area contributed by atoms with Gasteiger partial charge in [0.05, 0.1) is 26.5 Å². The molecule has 1 saturated heterocycles. The molecule has 1 aliphatic rings. The summed E-state index contributed by atoms with van der Waals surface area (Å²) in [6.07, 6.45) is 5.66. The first-order valence-electron chi connectivity index (χ1n) is 9.06. The minimum absolute atomic E-state index is 0.348. The molecule has 6 nitrogen and oxygen atoms in total. The molecule has 2 aromatic rings. The number of ether oxygens (including phenoxy) is 1. The van der Waals surface area contributed by atoms with Crippen molar-refractivity contribution in [2.24, 2.45) is 0 Å². The van der Waals surface area contributed by atoms with E-state index in [1.54, 1.807) is 24.2 Å². The monoisotopic (exact) mass is 348 g/mol. The number of likely N-dealkylation sites (tertiary alicyclic amines) is 1. The Morgan fingerprint density at radius 3 is 2.84 bits per heavy atom. The second-order valence-electron chi connectivity index (χ2n) is 6.69. The number of rotatable bonds is 7. The van der Waals surface area contributed by atoms with Gasteiger partial charge >= 0.3 is 5.97 Å². The highest BCUT2D eigenvalue weighted by Gasteiger charge is 2.29. The molecule has 0 saturated carbocycles. The number of aryl methyl sites for hydroxylation is 1. The Balaban J connectivity index is 1.61. The lowest BCUT2D eigenvalue weighted by Crippen LogP contribution is -3.15. The number of methoxy groups -OCH3 is 1. The molecule has 0 bridgehead atoms. The second-order valence-corrected chi connectivity index (χ2v) is 6.69. The van der Waals surface area contributed by atoms with Crippen molar-refractivity contribution in [1.82, 2.24) is 0 Å². The SMILES string of the molecule is COC(=O)c1cc(C[NH2+]C[C@H](c2ccco2)[NH+]2CCCCC2)oc1C. The Bertz CT molecular complexity index is 672. The van der Waals surface area contributed by atoms with E-state index >= 15 is 0 Å².